The van der Waals surface area contributed by atoms with Crippen LogP contribution < -0.4 is 5.32 Å². The normalized spacial score (nSPS) is 24.5. The highest BCUT2D eigenvalue weighted by Gasteiger charge is 2.40. The average Bonchev–Trinajstić information content (AvgIpc) is 2.81. The number of piperidine rings is 1. The molecule has 1 atom stereocenters. The number of hydrogen-bond acceptors (Lipinski definition) is 4. The van der Waals surface area contributed by atoms with Crippen molar-refractivity contribution < 1.29 is 14.4 Å². The average molecular weight is 355 g/mol. The first kappa shape index (κ1) is 17.2. The highest BCUT2D eigenvalue weighted by Crippen LogP contribution is 2.35. The summed E-state index contributed by atoms with van der Waals surface area (Å²) in [6.45, 7) is 9.19. The molecule has 3 aliphatic rings. The highest BCUT2D eigenvalue weighted by atomic mass is 16.2. The maximum absolute atomic E-state index is 12.7. The van der Waals surface area contributed by atoms with Crippen LogP contribution in [-0.2, 0) is 16.1 Å². The van der Waals surface area contributed by atoms with Crippen molar-refractivity contribution in [2.75, 3.05) is 13.1 Å². The van der Waals surface area contributed by atoms with Crippen molar-refractivity contribution in [2.24, 2.45) is 0 Å². The number of rotatable bonds is 2. The summed E-state index contributed by atoms with van der Waals surface area (Å²) >= 11 is 0. The molecule has 0 aromatic heterocycles. The second-order valence-electron chi connectivity index (χ2n) is 8.59. The Bertz CT molecular complexity index is 790. The second kappa shape index (κ2) is 5.91. The third-order valence-corrected chi connectivity index (χ3v) is 5.85. The van der Waals surface area contributed by atoms with Crippen LogP contribution in [0.4, 0.5) is 0 Å². The molecule has 1 aromatic rings. The number of nitrogens with zero attached hydrogens (tertiary/aromatic N) is 2. The van der Waals surface area contributed by atoms with Gasteiger partial charge in [-0.3, -0.25) is 24.6 Å². The molecule has 26 heavy (non-hydrogen) atoms. The zero-order chi connectivity index (χ0) is 18.6. The fourth-order valence-corrected chi connectivity index (χ4v) is 4.09. The van der Waals surface area contributed by atoms with Gasteiger partial charge < -0.3 is 4.90 Å². The van der Waals surface area contributed by atoms with E-state index in [1.807, 2.05) is 6.07 Å². The topological polar surface area (TPSA) is 69.7 Å². The Labute approximate surface area is 153 Å². The van der Waals surface area contributed by atoms with Gasteiger partial charge in [-0.15, -0.1) is 0 Å². The van der Waals surface area contributed by atoms with Gasteiger partial charge in [0, 0.05) is 43.1 Å². The van der Waals surface area contributed by atoms with Gasteiger partial charge in [0.25, 0.3) is 5.91 Å². The van der Waals surface area contributed by atoms with E-state index in [4.69, 9.17) is 0 Å². The lowest BCUT2D eigenvalue weighted by Crippen LogP contribution is -2.54. The van der Waals surface area contributed by atoms with E-state index in [2.05, 4.69) is 43.1 Å². The highest BCUT2D eigenvalue weighted by molar-refractivity contribution is 6.05. The molecule has 3 aliphatic heterocycles. The number of benzene rings is 1. The van der Waals surface area contributed by atoms with Crippen molar-refractivity contribution in [3.05, 3.63) is 34.9 Å². The van der Waals surface area contributed by atoms with E-state index in [0.29, 0.717) is 24.4 Å². The van der Waals surface area contributed by atoms with Crippen LogP contribution in [0.15, 0.2) is 18.2 Å². The largest absolute Gasteiger partial charge is 0.322 e. The molecule has 6 nitrogen and oxygen atoms in total. The molecule has 3 amide bonds. The molecule has 6 heteroatoms. The quantitative estimate of drug-likeness (QED) is 0.819. The zero-order valence-corrected chi connectivity index (χ0v) is 15.5. The molecule has 0 aliphatic carbocycles. The third kappa shape index (κ3) is 2.82. The van der Waals surface area contributed by atoms with Crippen molar-refractivity contribution >= 4 is 17.7 Å². The Balaban J connectivity index is 1.49. The van der Waals surface area contributed by atoms with Crippen molar-refractivity contribution in [3.8, 4) is 0 Å². The summed E-state index contributed by atoms with van der Waals surface area (Å²) in [5.74, 6) is -0.223. The molecule has 1 N–H and O–H groups in total. The molecule has 0 radical (unpaired) electrons. The maximum atomic E-state index is 12.7. The standard InChI is InChI=1S/C20H25N3O3/c1-20(2,3)22-9-14(10-22)12-4-5-15-13(8-12)11-23(19(15)26)16-6-7-17(24)21-18(16)25/h4-5,8,14,16H,6-7,9-11H2,1-3H3,(H,21,24,25). The molecule has 3 heterocycles. The summed E-state index contributed by atoms with van der Waals surface area (Å²) in [5, 5.41) is 2.34. The Morgan fingerprint density at radius 3 is 2.50 bits per heavy atom. The van der Waals surface area contributed by atoms with Crippen molar-refractivity contribution in [3.63, 3.8) is 0 Å². The van der Waals surface area contributed by atoms with E-state index in [1.54, 1.807) is 4.90 Å². The predicted molar refractivity (Wildman–Crippen MR) is 96.6 cm³/mol. The van der Waals surface area contributed by atoms with Crippen LogP contribution in [0.25, 0.3) is 0 Å². The molecular weight excluding hydrogens is 330 g/mol. The molecule has 0 bridgehead atoms. The zero-order valence-electron chi connectivity index (χ0n) is 15.5. The van der Waals surface area contributed by atoms with Gasteiger partial charge >= 0.3 is 0 Å². The first-order valence-corrected chi connectivity index (χ1v) is 9.26. The van der Waals surface area contributed by atoms with Gasteiger partial charge in [0.1, 0.15) is 6.04 Å². The molecule has 2 fully saturated rings. The summed E-state index contributed by atoms with van der Waals surface area (Å²) in [5.41, 5.74) is 3.13. The summed E-state index contributed by atoms with van der Waals surface area (Å²) in [7, 11) is 0. The Morgan fingerprint density at radius 1 is 1.12 bits per heavy atom. The molecule has 138 valence electrons. The minimum Gasteiger partial charge on any atom is -0.322 e. The number of carbonyl (C=O) groups is 3. The van der Waals surface area contributed by atoms with Gasteiger partial charge in [0.2, 0.25) is 11.8 Å². The van der Waals surface area contributed by atoms with E-state index in [0.717, 1.165) is 18.7 Å². The number of nitrogens with one attached hydrogen (secondary N) is 1. The minimum absolute atomic E-state index is 0.106. The Hall–Kier alpha value is -2.21. The molecule has 0 spiro atoms. The van der Waals surface area contributed by atoms with Crippen LogP contribution in [-0.4, -0.2) is 52.2 Å². The van der Waals surface area contributed by atoms with Crippen molar-refractivity contribution in [2.45, 2.75) is 57.7 Å². The summed E-state index contributed by atoms with van der Waals surface area (Å²) in [6.07, 6.45) is 0.687. The summed E-state index contributed by atoms with van der Waals surface area (Å²) in [6, 6.07) is 5.54. The predicted octanol–water partition coefficient (Wildman–Crippen LogP) is 1.65. The van der Waals surface area contributed by atoms with Crippen molar-refractivity contribution in [1.29, 1.82) is 0 Å². The van der Waals surface area contributed by atoms with Crippen LogP contribution in [0.2, 0.25) is 0 Å². The molecular formula is C20H25N3O3. The van der Waals surface area contributed by atoms with Gasteiger partial charge in [-0.05, 0) is 44.4 Å². The van der Waals surface area contributed by atoms with E-state index < -0.39 is 6.04 Å². The molecule has 0 saturated carbocycles. The molecule has 1 aromatic carbocycles. The third-order valence-electron chi connectivity index (χ3n) is 5.85. The molecule has 2 saturated heterocycles. The number of fused-ring (bicyclic) bond motifs is 1. The smallest absolute Gasteiger partial charge is 0.255 e. The summed E-state index contributed by atoms with van der Waals surface area (Å²) in [4.78, 5) is 40.3. The Morgan fingerprint density at radius 2 is 1.85 bits per heavy atom. The number of amides is 3. The van der Waals surface area contributed by atoms with Gasteiger partial charge in [0.05, 0.1) is 0 Å². The fraction of sp³-hybridized carbons (Fsp3) is 0.550. The van der Waals surface area contributed by atoms with Crippen LogP contribution in [0, 0.1) is 0 Å². The van der Waals surface area contributed by atoms with Gasteiger partial charge in [-0.1, -0.05) is 12.1 Å². The number of imide groups is 1. The SMILES string of the molecule is CC(C)(C)N1CC(c2ccc3c(c2)CN(C2CCC(=O)NC2=O)C3=O)C1. The minimum atomic E-state index is -0.545. The lowest BCUT2D eigenvalue weighted by atomic mass is 9.86. The van der Waals surface area contributed by atoms with Crippen molar-refractivity contribution in [1.82, 2.24) is 15.1 Å². The van der Waals surface area contributed by atoms with E-state index in [9.17, 15) is 14.4 Å². The molecule has 4 rings (SSSR count). The number of carbonyl (C=O) groups excluding carboxylic acids is 3. The monoisotopic (exact) mass is 355 g/mol. The van der Waals surface area contributed by atoms with Crippen LogP contribution >= 0.6 is 0 Å². The van der Waals surface area contributed by atoms with Gasteiger partial charge in [-0.25, -0.2) is 0 Å². The van der Waals surface area contributed by atoms with E-state index in [-0.39, 0.29) is 29.7 Å². The number of hydrogen-bond donors (Lipinski definition) is 1. The van der Waals surface area contributed by atoms with Gasteiger partial charge in [-0.2, -0.15) is 0 Å². The maximum Gasteiger partial charge on any atom is 0.255 e. The second-order valence-corrected chi connectivity index (χ2v) is 8.59. The molecule has 1 unspecified atom stereocenters. The Kier molecular flexibility index (Phi) is 3.91. The van der Waals surface area contributed by atoms with E-state index in [1.165, 1.54) is 5.56 Å². The fourth-order valence-electron chi connectivity index (χ4n) is 4.09. The first-order chi connectivity index (χ1) is 12.2. The lowest BCUT2D eigenvalue weighted by molar-refractivity contribution is -0.136. The number of likely N-dealkylation sites (tertiary alicyclic amines) is 1. The van der Waals surface area contributed by atoms with Gasteiger partial charge in [0.15, 0.2) is 0 Å². The first-order valence-electron chi connectivity index (χ1n) is 9.26. The summed E-state index contributed by atoms with van der Waals surface area (Å²) < 4.78 is 0. The lowest BCUT2D eigenvalue weighted by Gasteiger charge is -2.48. The van der Waals surface area contributed by atoms with Crippen LogP contribution in [0.5, 0.6) is 0 Å². The van der Waals surface area contributed by atoms with Crippen LogP contribution in [0.3, 0.4) is 0 Å². The van der Waals surface area contributed by atoms with E-state index >= 15 is 0 Å². The van der Waals surface area contributed by atoms with Crippen LogP contribution in [0.1, 0.15) is 61.0 Å².